The first-order valence-electron chi connectivity index (χ1n) is 6.42. The molecule has 106 valence electrons. The second-order valence-electron chi connectivity index (χ2n) is 4.65. The molecular weight excluding hydrogens is 242 g/mol. The van der Waals surface area contributed by atoms with Crippen LogP contribution in [0.15, 0.2) is 18.2 Å². The Hall–Kier alpha value is -1.75. The van der Waals surface area contributed by atoms with Crippen LogP contribution in [-0.4, -0.2) is 44.2 Å². The summed E-state index contributed by atoms with van der Waals surface area (Å²) < 4.78 is 5.43. The molecule has 0 aliphatic carbocycles. The molecule has 5 heteroatoms. The Kier molecular flexibility index (Phi) is 5.63. The molecule has 0 saturated heterocycles. The minimum absolute atomic E-state index is 0.0547. The summed E-state index contributed by atoms with van der Waals surface area (Å²) in [6.07, 6.45) is 0.118. The minimum atomic E-state index is -0.0547. The minimum Gasteiger partial charge on any atom is -0.397 e. The van der Waals surface area contributed by atoms with Crippen molar-refractivity contribution in [1.82, 2.24) is 4.90 Å². The highest BCUT2D eigenvalue weighted by molar-refractivity contribution is 5.95. The molecule has 0 aromatic heterocycles. The van der Waals surface area contributed by atoms with Gasteiger partial charge in [-0.1, -0.05) is 0 Å². The van der Waals surface area contributed by atoms with E-state index < -0.39 is 0 Å². The van der Waals surface area contributed by atoms with Gasteiger partial charge in [-0.2, -0.15) is 0 Å². The fourth-order valence-corrected chi connectivity index (χ4v) is 1.71. The molecule has 19 heavy (non-hydrogen) atoms. The molecule has 1 rings (SSSR count). The summed E-state index contributed by atoms with van der Waals surface area (Å²) >= 11 is 0. The maximum atomic E-state index is 11.8. The first-order chi connectivity index (χ1) is 8.95. The van der Waals surface area contributed by atoms with Crippen molar-refractivity contribution in [2.45, 2.75) is 20.0 Å². The number of amides is 1. The Morgan fingerprint density at radius 1 is 1.47 bits per heavy atom. The van der Waals surface area contributed by atoms with Crippen LogP contribution in [0.2, 0.25) is 0 Å². The fraction of sp³-hybridized carbons (Fsp3) is 0.500. The molecule has 0 spiro atoms. The third-order valence-corrected chi connectivity index (χ3v) is 2.74. The van der Waals surface area contributed by atoms with Crippen LogP contribution in [0, 0.1) is 0 Å². The normalized spacial score (nSPS) is 12.0. The average Bonchev–Trinajstić information content (AvgIpc) is 2.36. The van der Waals surface area contributed by atoms with Crippen LogP contribution < -0.4 is 11.1 Å². The number of anilines is 2. The summed E-state index contributed by atoms with van der Waals surface area (Å²) in [5.74, 6) is -0.0547. The number of rotatable bonds is 6. The van der Waals surface area contributed by atoms with Crippen molar-refractivity contribution in [3.05, 3.63) is 23.8 Å². The Morgan fingerprint density at radius 2 is 2.16 bits per heavy atom. The monoisotopic (exact) mass is 265 g/mol. The SMILES string of the molecule is CCOC(C)CNc1ccc(C(=O)N(C)C)cc1N. The van der Waals surface area contributed by atoms with E-state index in [-0.39, 0.29) is 12.0 Å². The van der Waals surface area contributed by atoms with Gasteiger partial charge in [-0.05, 0) is 32.0 Å². The molecule has 0 saturated carbocycles. The zero-order chi connectivity index (χ0) is 14.4. The molecular formula is C14H23N3O2. The quantitative estimate of drug-likeness (QED) is 0.770. The first-order valence-corrected chi connectivity index (χ1v) is 6.42. The molecule has 1 unspecified atom stereocenters. The number of nitrogens with zero attached hydrogens (tertiary/aromatic N) is 1. The molecule has 1 amide bonds. The molecule has 0 fully saturated rings. The van der Waals surface area contributed by atoms with Crippen LogP contribution in [-0.2, 0) is 4.74 Å². The molecule has 1 aromatic rings. The molecule has 0 aliphatic heterocycles. The van der Waals surface area contributed by atoms with Crippen molar-refractivity contribution in [2.75, 3.05) is 38.3 Å². The molecule has 5 nitrogen and oxygen atoms in total. The Labute approximate surface area is 114 Å². The summed E-state index contributed by atoms with van der Waals surface area (Å²) in [5.41, 5.74) is 7.92. The Morgan fingerprint density at radius 3 is 2.68 bits per heavy atom. The number of nitrogen functional groups attached to an aromatic ring is 1. The third-order valence-electron chi connectivity index (χ3n) is 2.74. The highest BCUT2D eigenvalue weighted by Gasteiger charge is 2.10. The van der Waals surface area contributed by atoms with Crippen LogP contribution in [0.1, 0.15) is 24.2 Å². The van der Waals surface area contributed by atoms with E-state index in [0.29, 0.717) is 24.4 Å². The Balaban J connectivity index is 2.70. The number of nitrogens with two attached hydrogens (primary N) is 1. The molecule has 0 aliphatic rings. The number of benzene rings is 1. The zero-order valence-electron chi connectivity index (χ0n) is 12.1. The molecule has 1 aromatic carbocycles. The smallest absolute Gasteiger partial charge is 0.253 e. The summed E-state index contributed by atoms with van der Waals surface area (Å²) in [5, 5.41) is 3.22. The zero-order valence-corrected chi connectivity index (χ0v) is 12.1. The predicted octanol–water partition coefficient (Wildman–Crippen LogP) is 1.81. The molecule has 1 atom stereocenters. The van der Waals surface area contributed by atoms with E-state index in [1.54, 1.807) is 26.2 Å². The second kappa shape index (κ2) is 6.99. The summed E-state index contributed by atoms with van der Waals surface area (Å²) in [6.45, 7) is 5.33. The van der Waals surface area contributed by atoms with Crippen LogP contribution >= 0.6 is 0 Å². The average molecular weight is 265 g/mol. The predicted molar refractivity (Wildman–Crippen MR) is 78.4 cm³/mol. The second-order valence-corrected chi connectivity index (χ2v) is 4.65. The highest BCUT2D eigenvalue weighted by Crippen LogP contribution is 2.20. The van der Waals surface area contributed by atoms with Gasteiger partial charge >= 0.3 is 0 Å². The van der Waals surface area contributed by atoms with Gasteiger partial charge in [-0.25, -0.2) is 0 Å². The Bertz CT molecular complexity index is 433. The maximum Gasteiger partial charge on any atom is 0.253 e. The topological polar surface area (TPSA) is 67.6 Å². The van der Waals surface area contributed by atoms with E-state index in [9.17, 15) is 4.79 Å². The van der Waals surface area contributed by atoms with Gasteiger partial charge in [0.2, 0.25) is 0 Å². The number of carbonyl (C=O) groups excluding carboxylic acids is 1. The van der Waals surface area contributed by atoms with Gasteiger partial charge in [0.05, 0.1) is 17.5 Å². The van der Waals surface area contributed by atoms with Crippen molar-refractivity contribution in [3.63, 3.8) is 0 Å². The van der Waals surface area contributed by atoms with Crippen molar-refractivity contribution in [3.8, 4) is 0 Å². The van der Waals surface area contributed by atoms with Gasteiger partial charge in [-0.15, -0.1) is 0 Å². The molecule has 3 N–H and O–H groups in total. The van der Waals surface area contributed by atoms with Crippen LogP contribution in [0.5, 0.6) is 0 Å². The van der Waals surface area contributed by atoms with Gasteiger partial charge in [0.25, 0.3) is 5.91 Å². The molecule has 0 radical (unpaired) electrons. The summed E-state index contributed by atoms with van der Waals surface area (Å²) in [4.78, 5) is 13.3. The summed E-state index contributed by atoms with van der Waals surface area (Å²) in [7, 11) is 3.43. The van der Waals surface area contributed by atoms with E-state index in [2.05, 4.69) is 5.32 Å². The number of carbonyl (C=O) groups is 1. The van der Waals surface area contributed by atoms with Crippen molar-refractivity contribution < 1.29 is 9.53 Å². The lowest BCUT2D eigenvalue weighted by Gasteiger charge is -2.16. The lowest BCUT2D eigenvalue weighted by molar-refractivity contribution is 0.0827. The van der Waals surface area contributed by atoms with Crippen molar-refractivity contribution in [1.29, 1.82) is 0 Å². The number of nitrogens with one attached hydrogen (secondary N) is 1. The van der Waals surface area contributed by atoms with Gasteiger partial charge in [0.1, 0.15) is 0 Å². The van der Waals surface area contributed by atoms with Crippen molar-refractivity contribution >= 4 is 17.3 Å². The van der Waals surface area contributed by atoms with E-state index in [1.807, 2.05) is 19.9 Å². The lowest BCUT2D eigenvalue weighted by atomic mass is 10.1. The lowest BCUT2D eigenvalue weighted by Crippen LogP contribution is -2.22. The van der Waals surface area contributed by atoms with Gasteiger partial charge < -0.3 is 20.7 Å². The van der Waals surface area contributed by atoms with Gasteiger partial charge in [-0.3, -0.25) is 4.79 Å². The van der Waals surface area contributed by atoms with E-state index in [4.69, 9.17) is 10.5 Å². The summed E-state index contributed by atoms with van der Waals surface area (Å²) in [6, 6.07) is 5.28. The number of ether oxygens (including phenoxy) is 1. The maximum absolute atomic E-state index is 11.8. The molecule has 0 heterocycles. The first kappa shape index (κ1) is 15.3. The standard InChI is InChI=1S/C14H23N3O2/c1-5-19-10(2)9-16-13-7-6-11(8-12(13)15)14(18)17(3)4/h6-8,10,16H,5,9,15H2,1-4H3. The largest absolute Gasteiger partial charge is 0.397 e. The third kappa shape index (κ3) is 4.44. The van der Waals surface area contributed by atoms with E-state index in [1.165, 1.54) is 4.90 Å². The molecule has 0 bridgehead atoms. The number of hydrogen-bond donors (Lipinski definition) is 2. The van der Waals surface area contributed by atoms with E-state index in [0.717, 1.165) is 5.69 Å². The van der Waals surface area contributed by atoms with Crippen molar-refractivity contribution in [2.24, 2.45) is 0 Å². The van der Waals surface area contributed by atoms with E-state index >= 15 is 0 Å². The van der Waals surface area contributed by atoms with Crippen LogP contribution in [0.3, 0.4) is 0 Å². The number of hydrogen-bond acceptors (Lipinski definition) is 4. The van der Waals surface area contributed by atoms with Gasteiger partial charge in [0, 0.05) is 32.8 Å². The van der Waals surface area contributed by atoms with Crippen LogP contribution in [0.25, 0.3) is 0 Å². The van der Waals surface area contributed by atoms with Crippen LogP contribution in [0.4, 0.5) is 11.4 Å². The fourth-order valence-electron chi connectivity index (χ4n) is 1.71. The highest BCUT2D eigenvalue weighted by atomic mass is 16.5. The van der Waals surface area contributed by atoms with Gasteiger partial charge in [0.15, 0.2) is 0 Å².